The summed E-state index contributed by atoms with van der Waals surface area (Å²) in [5.74, 6) is 0.844. The van der Waals surface area contributed by atoms with Crippen molar-refractivity contribution in [1.82, 2.24) is 15.0 Å². The van der Waals surface area contributed by atoms with Gasteiger partial charge in [0.05, 0.1) is 17.6 Å². The molecule has 1 amide bonds. The fourth-order valence-electron chi connectivity index (χ4n) is 2.95. The minimum absolute atomic E-state index is 0. The first-order chi connectivity index (χ1) is 12.7. The first kappa shape index (κ1) is 18.8. The molecule has 0 fully saturated rings. The highest BCUT2D eigenvalue weighted by molar-refractivity contribution is 6.07. The molecule has 1 aliphatic rings. The van der Waals surface area contributed by atoms with E-state index in [0.29, 0.717) is 36.0 Å². The molecular formula is C19H18ClN5O2. The lowest BCUT2D eigenvalue weighted by Crippen LogP contribution is -2.28. The third-order valence-corrected chi connectivity index (χ3v) is 4.24. The molecule has 2 aromatic heterocycles. The second kappa shape index (κ2) is 8.11. The summed E-state index contributed by atoms with van der Waals surface area (Å²) in [6.45, 7) is 0.955. The van der Waals surface area contributed by atoms with Crippen molar-refractivity contribution in [3.63, 3.8) is 0 Å². The number of anilines is 1. The highest BCUT2D eigenvalue weighted by atomic mass is 35.5. The number of halogens is 1. The average Bonchev–Trinajstić information content (AvgIpc) is 3.12. The van der Waals surface area contributed by atoms with Gasteiger partial charge in [-0.25, -0.2) is 9.97 Å². The molecule has 3 aromatic rings. The number of nitrogens with two attached hydrogens (primary N) is 1. The van der Waals surface area contributed by atoms with Crippen molar-refractivity contribution < 1.29 is 9.53 Å². The Morgan fingerprint density at radius 3 is 2.96 bits per heavy atom. The summed E-state index contributed by atoms with van der Waals surface area (Å²) in [5.41, 5.74) is 8.82. The highest BCUT2D eigenvalue weighted by Crippen LogP contribution is 2.29. The quantitative estimate of drug-likeness (QED) is 0.744. The summed E-state index contributed by atoms with van der Waals surface area (Å²) in [6, 6.07) is 10.7. The van der Waals surface area contributed by atoms with Crippen molar-refractivity contribution >= 4 is 24.0 Å². The average molecular weight is 384 g/mol. The molecular weight excluding hydrogens is 366 g/mol. The number of amides is 1. The van der Waals surface area contributed by atoms with Crippen LogP contribution in [0.5, 0.6) is 11.6 Å². The summed E-state index contributed by atoms with van der Waals surface area (Å²) in [4.78, 5) is 26.9. The zero-order valence-corrected chi connectivity index (χ0v) is 15.2. The van der Waals surface area contributed by atoms with Crippen LogP contribution in [0.2, 0.25) is 0 Å². The predicted molar refractivity (Wildman–Crippen MR) is 103 cm³/mol. The molecule has 7 nitrogen and oxygen atoms in total. The molecule has 0 unspecified atom stereocenters. The minimum Gasteiger partial charge on any atom is -0.439 e. The van der Waals surface area contributed by atoms with E-state index in [2.05, 4.69) is 15.0 Å². The van der Waals surface area contributed by atoms with Crippen LogP contribution in [0.25, 0.3) is 0 Å². The second-order valence-electron chi connectivity index (χ2n) is 5.89. The van der Waals surface area contributed by atoms with Crippen LogP contribution in [0.15, 0.2) is 55.1 Å². The monoisotopic (exact) mass is 383 g/mol. The van der Waals surface area contributed by atoms with Gasteiger partial charge >= 0.3 is 0 Å². The second-order valence-corrected chi connectivity index (χ2v) is 5.89. The minimum atomic E-state index is -0.0764. The number of benzene rings is 1. The third-order valence-electron chi connectivity index (χ3n) is 4.24. The molecule has 3 heterocycles. The molecule has 0 bridgehead atoms. The number of pyridine rings is 1. The van der Waals surface area contributed by atoms with Gasteiger partial charge in [-0.05, 0) is 36.2 Å². The Balaban J connectivity index is 0.00000210. The van der Waals surface area contributed by atoms with Crippen molar-refractivity contribution in [2.24, 2.45) is 5.73 Å². The molecule has 0 saturated carbocycles. The molecule has 0 saturated heterocycles. The normalized spacial score (nSPS) is 12.3. The van der Waals surface area contributed by atoms with Crippen molar-refractivity contribution in [1.29, 1.82) is 0 Å². The van der Waals surface area contributed by atoms with E-state index in [1.807, 2.05) is 6.07 Å². The highest BCUT2D eigenvalue weighted by Gasteiger charge is 2.25. The van der Waals surface area contributed by atoms with Crippen molar-refractivity contribution in [3.05, 3.63) is 71.9 Å². The maximum absolute atomic E-state index is 12.9. The van der Waals surface area contributed by atoms with Crippen molar-refractivity contribution in [2.75, 3.05) is 11.4 Å². The summed E-state index contributed by atoms with van der Waals surface area (Å²) in [6.07, 6.45) is 5.72. The first-order valence-corrected chi connectivity index (χ1v) is 8.28. The lowest BCUT2D eigenvalue weighted by Gasteiger charge is -2.17. The Labute approximate surface area is 162 Å². The van der Waals surface area contributed by atoms with E-state index in [1.165, 1.54) is 6.33 Å². The lowest BCUT2D eigenvalue weighted by molar-refractivity contribution is 0.0989. The van der Waals surface area contributed by atoms with Gasteiger partial charge in [-0.15, -0.1) is 12.4 Å². The number of carbonyl (C=O) groups excluding carboxylic acids is 1. The standard InChI is InChI=1S/C19H17N5O2.ClH/c20-10-15-9-18(23-12-22-15)26-16-3-1-2-14(8-16)19(25)24-7-5-13-4-6-21-11-17(13)24;/h1-4,6,8-9,11-12H,5,7,10,20H2;1H. The van der Waals surface area contributed by atoms with Crippen LogP contribution in [0.1, 0.15) is 21.6 Å². The number of aromatic nitrogens is 3. The van der Waals surface area contributed by atoms with E-state index in [9.17, 15) is 4.79 Å². The number of ether oxygens (including phenoxy) is 1. The van der Waals surface area contributed by atoms with Gasteiger partial charge in [0.2, 0.25) is 5.88 Å². The molecule has 0 spiro atoms. The fraction of sp³-hybridized carbons (Fsp3) is 0.158. The third kappa shape index (κ3) is 3.89. The summed E-state index contributed by atoms with van der Waals surface area (Å²) < 4.78 is 5.75. The van der Waals surface area contributed by atoms with Gasteiger partial charge in [-0.3, -0.25) is 9.78 Å². The predicted octanol–water partition coefficient (Wildman–Crippen LogP) is 2.75. The number of nitrogens with zero attached hydrogens (tertiary/aromatic N) is 4. The smallest absolute Gasteiger partial charge is 0.258 e. The van der Waals surface area contributed by atoms with E-state index in [1.54, 1.807) is 47.6 Å². The van der Waals surface area contributed by atoms with Gasteiger partial charge in [0.25, 0.3) is 5.91 Å². The number of rotatable bonds is 4. The molecule has 8 heteroatoms. The summed E-state index contributed by atoms with van der Waals surface area (Å²) in [7, 11) is 0. The Kier molecular flexibility index (Phi) is 5.63. The molecule has 138 valence electrons. The molecule has 0 aliphatic carbocycles. The topological polar surface area (TPSA) is 94.2 Å². The zero-order chi connectivity index (χ0) is 17.9. The van der Waals surface area contributed by atoms with Gasteiger partial charge in [0, 0.05) is 30.9 Å². The number of carbonyl (C=O) groups is 1. The molecule has 0 atom stereocenters. The van der Waals surface area contributed by atoms with E-state index in [-0.39, 0.29) is 18.3 Å². The van der Waals surface area contributed by atoms with Crippen LogP contribution >= 0.6 is 12.4 Å². The van der Waals surface area contributed by atoms with Crippen LogP contribution < -0.4 is 15.4 Å². The van der Waals surface area contributed by atoms with E-state index < -0.39 is 0 Å². The van der Waals surface area contributed by atoms with E-state index in [4.69, 9.17) is 10.5 Å². The maximum atomic E-state index is 12.9. The van der Waals surface area contributed by atoms with Gasteiger partial charge < -0.3 is 15.4 Å². The number of hydrogen-bond acceptors (Lipinski definition) is 6. The van der Waals surface area contributed by atoms with Gasteiger partial charge in [-0.1, -0.05) is 6.07 Å². The summed E-state index contributed by atoms with van der Waals surface area (Å²) in [5, 5.41) is 0. The molecule has 27 heavy (non-hydrogen) atoms. The molecule has 2 N–H and O–H groups in total. The zero-order valence-electron chi connectivity index (χ0n) is 14.4. The van der Waals surface area contributed by atoms with Gasteiger partial charge in [0.1, 0.15) is 12.1 Å². The van der Waals surface area contributed by atoms with Crippen molar-refractivity contribution in [2.45, 2.75) is 13.0 Å². The molecule has 1 aromatic carbocycles. The lowest BCUT2D eigenvalue weighted by atomic mass is 10.2. The van der Waals surface area contributed by atoms with Crippen LogP contribution in [0, 0.1) is 0 Å². The number of fused-ring (bicyclic) bond motifs is 1. The Hall–Kier alpha value is -3.03. The SMILES string of the molecule is Cl.NCc1cc(Oc2cccc(C(=O)N3CCc4ccncc43)c2)ncn1. The summed E-state index contributed by atoms with van der Waals surface area (Å²) >= 11 is 0. The Morgan fingerprint density at radius 1 is 1.22 bits per heavy atom. The van der Waals surface area contributed by atoms with Gasteiger partial charge in [-0.2, -0.15) is 0 Å². The van der Waals surface area contributed by atoms with E-state index >= 15 is 0 Å². The van der Waals surface area contributed by atoms with Crippen LogP contribution in [-0.2, 0) is 13.0 Å². The van der Waals surface area contributed by atoms with Crippen LogP contribution in [0.4, 0.5) is 5.69 Å². The molecule has 0 radical (unpaired) electrons. The fourth-order valence-corrected chi connectivity index (χ4v) is 2.95. The van der Waals surface area contributed by atoms with E-state index in [0.717, 1.165) is 17.7 Å². The Morgan fingerprint density at radius 2 is 2.11 bits per heavy atom. The largest absolute Gasteiger partial charge is 0.439 e. The Bertz CT molecular complexity index is 966. The van der Waals surface area contributed by atoms with Crippen LogP contribution in [-0.4, -0.2) is 27.4 Å². The number of hydrogen-bond donors (Lipinski definition) is 1. The van der Waals surface area contributed by atoms with Crippen molar-refractivity contribution in [3.8, 4) is 11.6 Å². The van der Waals surface area contributed by atoms with Crippen LogP contribution in [0.3, 0.4) is 0 Å². The first-order valence-electron chi connectivity index (χ1n) is 8.28. The molecule has 4 rings (SSSR count). The van der Waals surface area contributed by atoms with Gasteiger partial charge in [0.15, 0.2) is 0 Å². The maximum Gasteiger partial charge on any atom is 0.258 e. The molecule has 1 aliphatic heterocycles.